The van der Waals surface area contributed by atoms with E-state index in [-0.39, 0.29) is 12.6 Å². The Hall–Kier alpha value is -0.810. The third-order valence-corrected chi connectivity index (χ3v) is 2.85. The molecule has 82 valence electrons. The van der Waals surface area contributed by atoms with Crippen LogP contribution in [0.15, 0.2) is 10.5 Å². The quantitative estimate of drug-likeness (QED) is 0.916. The van der Waals surface area contributed by atoms with Crippen LogP contribution < -0.4 is 14.8 Å². The molecule has 0 saturated carbocycles. The second-order valence-corrected chi connectivity index (χ2v) is 4.09. The van der Waals surface area contributed by atoms with E-state index in [4.69, 9.17) is 9.47 Å². The van der Waals surface area contributed by atoms with Crippen LogP contribution in [0.3, 0.4) is 0 Å². The van der Waals surface area contributed by atoms with Crippen LogP contribution in [-0.2, 0) is 6.42 Å². The molecule has 1 aromatic rings. The summed E-state index contributed by atoms with van der Waals surface area (Å²) in [5.41, 5.74) is 0.561. The number of fused-ring (bicyclic) bond motifs is 1. The summed E-state index contributed by atoms with van der Waals surface area (Å²) in [7, 11) is 1.83. The lowest BCUT2D eigenvalue weighted by Crippen LogP contribution is -2.12. The van der Waals surface area contributed by atoms with Gasteiger partial charge in [-0.2, -0.15) is 0 Å². The zero-order chi connectivity index (χ0) is 10.8. The van der Waals surface area contributed by atoms with Crippen molar-refractivity contribution < 1.29 is 13.9 Å². The van der Waals surface area contributed by atoms with E-state index in [9.17, 15) is 4.39 Å². The van der Waals surface area contributed by atoms with E-state index >= 15 is 0 Å². The first-order chi connectivity index (χ1) is 7.24. The minimum absolute atomic E-state index is 0.164. The zero-order valence-corrected chi connectivity index (χ0v) is 9.86. The minimum Gasteiger partial charge on any atom is -0.454 e. The standard InChI is InChI=1S/C10H11BrFNO2/c1-13-3-2-6-9(12)7(11)4-8-10(6)15-5-14-8/h4,13H,2-3,5H2,1H3. The highest BCUT2D eigenvalue weighted by Gasteiger charge is 2.23. The van der Waals surface area contributed by atoms with Gasteiger partial charge in [0.15, 0.2) is 11.5 Å². The Labute approximate surface area is 95.7 Å². The molecule has 1 heterocycles. The number of halogens is 2. The molecule has 0 atom stereocenters. The first kappa shape index (κ1) is 10.7. The molecule has 2 rings (SSSR count). The fourth-order valence-corrected chi connectivity index (χ4v) is 1.97. The van der Waals surface area contributed by atoms with E-state index in [2.05, 4.69) is 21.2 Å². The lowest BCUT2D eigenvalue weighted by molar-refractivity contribution is 0.173. The molecule has 1 aliphatic rings. The summed E-state index contributed by atoms with van der Waals surface area (Å²) in [6, 6.07) is 1.60. The molecular formula is C10H11BrFNO2. The van der Waals surface area contributed by atoms with Gasteiger partial charge in [-0.3, -0.25) is 0 Å². The van der Waals surface area contributed by atoms with Gasteiger partial charge in [0.25, 0.3) is 0 Å². The van der Waals surface area contributed by atoms with Gasteiger partial charge in [0.05, 0.1) is 4.47 Å². The summed E-state index contributed by atoms with van der Waals surface area (Å²) < 4.78 is 24.7. The van der Waals surface area contributed by atoms with Crippen LogP contribution in [0.2, 0.25) is 0 Å². The summed E-state index contributed by atoms with van der Waals surface area (Å²) in [4.78, 5) is 0. The number of ether oxygens (including phenoxy) is 2. The number of likely N-dealkylation sites (N-methyl/N-ethyl adjacent to an activating group) is 1. The van der Waals surface area contributed by atoms with E-state index in [1.165, 1.54) is 0 Å². The highest BCUT2D eigenvalue weighted by atomic mass is 79.9. The number of hydrogen-bond donors (Lipinski definition) is 1. The van der Waals surface area contributed by atoms with Crippen molar-refractivity contribution >= 4 is 15.9 Å². The lowest BCUT2D eigenvalue weighted by atomic mass is 10.1. The molecule has 0 unspecified atom stereocenters. The maximum atomic E-state index is 13.8. The second kappa shape index (κ2) is 4.37. The Morgan fingerprint density at radius 3 is 3.07 bits per heavy atom. The fraction of sp³-hybridized carbons (Fsp3) is 0.400. The molecule has 1 aliphatic heterocycles. The second-order valence-electron chi connectivity index (χ2n) is 3.24. The van der Waals surface area contributed by atoms with Gasteiger partial charge in [0, 0.05) is 11.6 Å². The molecule has 3 nitrogen and oxygen atoms in total. The van der Waals surface area contributed by atoms with E-state index in [0.717, 1.165) is 0 Å². The molecule has 0 aromatic heterocycles. The summed E-state index contributed by atoms with van der Waals surface area (Å²) in [6.45, 7) is 0.862. The van der Waals surface area contributed by atoms with Crippen molar-refractivity contribution in [2.45, 2.75) is 6.42 Å². The van der Waals surface area contributed by atoms with Crippen molar-refractivity contribution in [1.82, 2.24) is 5.32 Å². The average Bonchev–Trinajstić information content (AvgIpc) is 2.66. The number of benzene rings is 1. The summed E-state index contributed by atoms with van der Waals surface area (Å²) in [6.07, 6.45) is 0.577. The monoisotopic (exact) mass is 275 g/mol. The van der Waals surface area contributed by atoms with Gasteiger partial charge in [-0.05, 0) is 35.9 Å². The fourth-order valence-electron chi connectivity index (χ4n) is 1.53. The molecule has 15 heavy (non-hydrogen) atoms. The maximum Gasteiger partial charge on any atom is 0.231 e. The van der Waals surface area contributed by atoms with Gasteiger partial charge < -0.3 is 14.8 Å². The van der Waals surface area contributed by atoms with Crippen LogP contribution >= 0.6 is 15.9 Å². The largest absolute Gasteiger partial charge is 0.454 e. The normalized spacial score (nSPS) is 13.3. The predicted molar refractivity (Wildman–Crippen MR) is 57.9 cm³/mol. The molecular weight excluding hydrogens is 265 g/mol. The Morgan fingerprint density at radius 2 is 2.33 bits per heavy atom. The van der Waals surface area contributed by atoms with Crippen molar-refractivity contribution in [1.29, 1.82) is 0 Å². The Bertz CT molecular complexity index is 384. The zero-order valence-electron chi connectivity index (χ0n) is 8.27. The molecule has 0 aliphatic carbocycles. The molecule has 5 heteroatoms. The molecule has 0 fully saturated rings. The van der Waals surface area contributed by atoms with Crippen molar-refractivity contribution in [3.8, 4) is 11.5 Å². The molecule has 1 aromatic carbocycles. The van der Waals surface area contributed by atoms with Gasteiger partial charge in [0.2, 0.25) is 6.79 Å². The Morgan fingerprint density at radius 1 is 1.53 bits per heavy atom. The van der Waals surface area contributed by atoms with Crippen molar-refractivity contribution in [2.75, 3.05) is 20.4 Å². The third-order valence-electron chi connectivity index (χ3n) is 2.27. The van der Waals surface area contributed by atoms with Crippen LogP contribution in [0.1, 0.15) is 5.56 Å². The van der Waals surface area contributed by atoms with Crippen LogP contribution in [0.5, 0.6) is 11.5 Å². The molecule has 0 radical (unpaired) electrons. The van der Waals surface area contributed by atoms with Gasteiger partial charge in [0.1, 0.15) is 5.82 Å². The van der Waals surface area contributed by atoms with Crippen molar-refractivity contribution in [3.05, 3.63) is 21.9 Å². The van der Waals surface area contributed by atoms with E-state index < -0.39 is 0 Å². The van der Waals surface area contributed by atoms with Crippen LogP contribution in [0, 0.1) is 5.82 Å². The lowest BCUT2D eigenvalue weighted by Gasteiger charge is -2.08. The number of rotatable bonds is 3. The highest BCUT2D eigenvalue weighted by molar-refractivity contribution is 9.10. The number of nitrogens with one attached hydrogen (secondary N) is 1. The summed E-state index contributed by atoms with van der Waals surface area (Å²) >= 11 is 3.16. The topological polar surface area (TPSA) is 30.5 Å². The van der Waals surface area contributed by atoms with E-state index in [1.807, 2.05) is 7.05 Å². The minimum atomic E-state index is -0.269. The molecule has 0 saturated heterocycles. The van der Waals surface area contributed by atoms with Gasteiger partial charge in [-0.25, -0.2) is 4.39 Å². The summed E-state index contributed by atoms with van der Waals surface area (Å²) in [5, 5.41) is 2.98. The maximum absolute atomic E-state index is 13.8. The van der Waals surface area contributed by atoms with Gasteiger partial charge >= 0.3 is 0 Å². The average molecular weight is 276 g/mol. The Balaban J connectivity index is 2.41. The van der Waals surface area contributed by atoms with E-state index in [1.54, 1.807) is 6.07 Å². The molecule has 0 amide bonds. The summed E-state index contributed by atoms with van der Waals surface area (Å²) in [5.74, 6) is 0.870. The molecule has 1 N–H and O–H groups in total. The first-order valence-electron chi connectivity index (χ1n) is 4.65. The van der Waals surface area contributed by atoms with Crippen LogP contribution in [-0.4, -0.2) is 20.4 Å². The predicted octanol–water partition coefficient (Wildman–Crippen LogP) is 2.08. The Kier molecular flexibility index (Phi) is 3.11. The molecule has 0 bridgehead atoms. The van der Waals surface area contributed by atoms with Gasteiger partial charge in [-0.1, -0.05) is 0 Å². The van der Waals surface area contributed by atoms with Gasteiger partial charge in [-0.15, -0.1) is 0 Å². The van der Waals surface area contributed by atoms with E-state index in [0.29, 0.717) is 34.5 Å². The van der Waals surface area contributed by atoms with Crippen molar-refractivity contribution in [3.63, 3.8) is 0 Å². The highest BCUT2D eigenvalue weighted by Crippen LogP contribution is 2.40. The number of hydrogen-bond acceptors (Lipinski definition) is 3. The van der Waals surface area contributed by atoms with Crippen LogP contribution in [0.25, 0.3) is 0 Å². The van der Waals surface area contributed by atoms with Crippen LogP contribution in [0.4, 0.5) is 4.39 Å². The third kappa shape index (κ3) is 1.94. The molecule has 0 spiro atoms. The smallest absolute Gasteiger partial charge is 0.231 e. The SMILES string of the molecule is CNCCc1c(F)c(Br)cc2c1OCO2. The first-order valence-corrected chi connectivity index (χ1v) is 5.44. The van der Waals surface area contributed by atoms with Crippen molar-refractivity contribution in [2.24, 2.45) is 0 Å².